The first-order chi connectivity index (χ1) is 6.99. The molecule has 0 bridgehead atoms. The molecule has 0 aliphatic carbocycles. The van der Waals surface area contributed by atoms with Gasteiger partial charge in [0.2, 0.25) is 0 Å². The summed E-state index contributed by atoms with van der Waals surface area (Å²) in [7, 11) is -2.99. The Hall–Kier alpha value is -0.430. The van der Waals surface area contributed by atoms with Crippen LogP contribution in [0.3, 0.4) is 0 Å². The quantitative estimate of drug-likeness (QED) is 0.755. The predicted molar refractivity (Wildman–Crippen MR) is 62.0 cm³/mol. The fourth-order valence-corrected chi connectivity index (χ4v) is 2.60. The van der Waals surface area contributed by atoms with Crippen LogP contribution in [0.15, 0.2) is 0 Å². The minimum absolute atomic E-state index is 0.00132. The van der Waals surface area contributed by atoms with E-state index >= 15 is 0 Å². The van der Waals surface area contributed by atoms with E-state index in [1.165, 1.54) is 0 Å². The Bertz CT molecular complexity index is 310. The highest BCUT2D eigenvalue weighted by Crippen LogP contribution is 2.08. The van der Waals surface area contributed by atoms with Crippen molar-refractivity contribution in [2.75, 3.05) is 43.1 Å². The van der Waals surface area contributed by atoms with Gasteiger partial charge in [0.25, 0.3) is 0 Å². The van der Waals surface area contributed by atoms with Crippen LogP contribution in [0.1, 0.15) is 0 Å². The van der Waals surface area contributed by atoms with Gasteiger partial charge in [-0.1, -0.05) is 0 Å². The lowest BCUT2D eigenvalue weighted by molar-refractivity contribution is 0.204. The number of nitrogens with one attached hydrogen (secondary N) is 1. The van der Waals surface area contributed by atoms with Crippen LogP contribution in [0.5, 0.6) is 0 Å². The summed E-state index contributed by atoms with van der Waals surface area (Å²) >= 11 is 1.83. The maximum Gasteiger partial charge on any atom is 0.317 e. The Morgan fingerprint density at radius 3 is 2.53 bits per heavy atom. The lowest BCUT2D eigenvalue weighted by Gasteiger charge is -2.26. The Kier molecular flexibility index (Phi) is 4.72. The molecule has 0 spiro atoms. The molecular weight excluding hydrogens is 236 g/mol. The molecule has 0 aromatic carbocycles. The van der Waals surface area contributed by atoms with E-state index in [0.29, 0.717) is 0 Å². The number of hydrogen-bond acceptors (Lipinski definition) is 4. The standard InChI is InChI=1S/C8H16N2O3S2/c1-15(12,13)7-2-9-8(11)10-3-5-14-6-4-10/h2-7H2,1H3,(H,9,11). The van der Waals surface area contributed by atoms with Crippen LogP contribution < -0.4 is 5.32 Å². The van der Waals surface area contributed by atoms with Gasteiger partial charge < -0.3 is 10.2 Å². The van der Waals surface area contributed by atoms with E-state index in [1.807, 2.05) is 11.8 Å². The predicted octanol–water partition coefficient (Wildman–Crippen LogP) is -0.211. The number of carbonyl (C=O) groups is 1. The third-order valence-corrected chi connectivity index (χ3v) is 3.94. The average Bonchev–Trinajstić information content (AvgIpc) is 2.17. The van der Waals surface area contributed by atoms with Crippen LogP contribution >= 0.6 is 11.8 Å². The molecule has 1 aliphatic rings. The van der Waals surface area contributed by atoms with E-state index in [9.17, 15) is 13.2 Å². The minimum atomic E-state index is -2.99. The molecule has 88 valence electrons. The van der Waals surface area contributed by atoms with Gasteiger partial charge in [-0.25, -0.2) is 13.2 Å². The third kappa shape index (κ3) is 5.27. The van der Waals surface area contributed by atoms with E-state index in [-0.39, 0.29) is 18.3 Å². The molecule has 2 amide bonds. The number of nitrogens with zero attached hydrogens (tertiary/aromatic N) is 1. The highest BCUT2D eigenvalue weighted by molar-refractivity contribution is 7.99. The van der Waals surface area contributed by atoms with Crippen molar-refractivity contribution in [1.82, 2.24) is 10.2 Å². The van der Waals surface area contributed by atoms with Gasteiger partial charge in [0.1, 0.15) is 9.84 Å². The Morgan fingerprint density at radius 2 is 2.00 bits per heavy atom. The van der Waals surface area contributed by atoms with Crippen molar-refractivity contribution in [3.05, 3.63) is 0 Å². The number of hydrogen-bond donors (Lipinski definition) is 1. The second-order valence-corrected chi connectivity index (χ2v) is 6.95. The first-order valence-electron chi connectivity index (χ1n) is 4.77. The molecule has 0 saturated carbocycles. The van der Waals surface area contributed by atoms with Gasteiger partial charge in [-0.15, -0.1) is 0 Å². The van der Waals surface area contributed by atoms with Gasteiger partial charge in [-0.3, -0.25) is 0 Å². The van der Waals surface area contributed by atoms with Crippen LogP contribution in [0.2, 0.25) is 0 Å². The first kappa shape index (κ1) is 12.6. The molecule has 0 unspecified atom stereocenters. The van der Waals surface area contributed by atoms with Crippen molar-refractivity contribution in [2.45, 2.75) is 0 Å². The van der Waals surface area contributed by atoms with Crippen LogP contribution in [0.25, 0.3) is 0 Å². The van der Waals surface area contributed by atoms with Gasteiger partial charge in [0, 0.05) is 37.4 Å². The van der Waals surface area contributed by atoms with E-state index in [2.05, 4.69) is 5.32 Å². The largest absolute Gasteiger partial charge is 0.337 e. The van der Waals surface area contributed by atoms with Gasteiger partial charge in [-0.05, 0) is 0 Å². The summed E-state index contributed by atoms with van der Waals surface area (Å²) in [6, 6.07) is -0.154. The summed E-state index contributed by atoms with van der Waals surface area (Å²) in [5.74, 6) is 1.92. The minimum Gasteiger partial charge on any atom is -0.337 e. The number of urea groups is 1. The van der Waals surface area contributed by atoms with Gasteiger partial charge in [-0.2, -0.15) is 11.8 Å². The van der Waals surface area contributed by atoms with Gasteiger partial charge in [0.15, 0.2) is 0 Å². The van der Waals surface area contributed by atoms with E-state index in [4.69, 9.17) is 0 Å². The van der Waals surface area contributed by atoms with Crippen molar-refractivity contribution >= 4 is 27.6 Å². The van der Waals surface area contributed by atoms with Gasteiger partial charge >= 0.3 is 6.03 Å². The molecule has 1 fully saturated rings. The highest BCUT2D eigenvalue weighted by atomic mass is 32.2. The van der Waals surface area contributed by atoms with Crippen molar-refractivity contribution < 1.29 is 13.2 Å². The van der Waals surface area contributed by atoms with E-state index in [0.717, 1.165) is 30.9 Å². The summed E-state index contributed by atoms with van der Waals surface area (Å²) in [5, 5.41) is 2.61. The van der Waals surface area contributed by atoms with E-state index < -0.39 is 9.84 Å². The molecule has 1 saturated heterocycles. The van der Waals surface area contributed by atoms with Crippen molar-refractivity contribution in [1.29, 1.82) is 0 Å². The topological polar surface area (TPSA) is 66.5 Å². The Balaban J connectivity index is 2.23. The Morgan fingerprint density at radius 1 is 1.40 bits per heavy atom. The van der Waals surface area contributed by atoms with E-state index in [1.54, 1.807) is 4.90 Å². The number of thioether (sulfide) groups is 1. The summed E-state index contributed by atoms with van der Waals surface area (Å²) in [4.78, 5) is 13.2. The molecule has 1 heterocycles. The zero-order valence-corrected chi connectivity index (χ0v) is 10.4. The lowest BCUT2D eigenvalue weighted by Crippen LogP contribution is -2.45. The number of sulfone groups is 1. The molecule has 1 aliphatic heterocycles. The molecule has 7 heteroatoms. The summed E-state index contributed by atoms with van der Waals surface area (Å²) in [6.07, 6.45) is 1.16. The number of carbonyl (C=O) groups excluding carboxylic acids is 1. The fourth-order valence-electron chi connectivity index (χ4n) is 1.22. The maximum atomic E-state index is 11.5. The molecule has 0 aromatic rings. The molecule has 1 rings (SSSR count). The zero-order valence-electron chi connectivity index (χ0n) is 8.73. The van der Waals surface area contributed by atoms with Crippen LogP contribution in [-0.4, -0.2) is 62.5 Å². The highest BCUT2D eigenvalue weighted by Gasteiger charge is 2.16. The number of rotatable bonds is 3. The van der Waals surface area contributed by atoms with Gasteiger partial charge in [0.05, 0.1) is 5.75 Å². The molecule has 5 nitrogen and oxygen atoms in total. The molecule has 15 heavy (non-hydrogen) atoms. The zero-order chi connectivity index (χ0) is 11.3. The Labute approximate surface area is 94.5 Å². The van der Waals surface area contributed by atoms with Crippen LogP contribution in [0.4, 0.5) is 4.79 Å². The molecule has 0 radical (unpaired) electrons. The summed E-state index contributed by atoms with van der Waals surface area (Å²) in [5.41, 5.74) is 0. The number of amides is 2. The molecule has 0 aromatic heterocycles. The molecule has 1 N–H and O–H groups in total. The maximum absolute atomic E-state index is 11.5. The molecule has 0 atom stereocenters. The van der Waals surface area contributed by atoms with Crippen molar-refractivity contribution in [3.8, 4) is 0 Å². The molecular formula is C8H16N2O3S2. The first-order valence-corrected chi connectivity index (χ1v) is 7.99. The lowest BCUT2D eigenvalue weighted by atomic mass is 10.5. The normalized spacial score (nSPS) is 17.5. The smallest absolute Gasteiger partial charge is 0.317 e. The third-order valence-electron chi connectivity index (χ3n) is 2.05. The van der Waals surface area contributed by atoms with Crippen molar-refractivity contribution in [3.63, 3.8) is 0 Å². The monoisotopic (exact) mass is 252 g/mol. The average molecular weight is 252 g/mol. The van der Waals surface area contributed by atoms with Crippen LogP contribution in [0, 0.1) is 0 Å². The summed E-state index contributed by atoms with van der Waals surface area (Å²) < 4.78 is 21.6. The second kappa shape index (κ2) is 5.60. The SMILES string of the molecule is CS(=O)(=O)CCNC(=O)N1CCSCC1. The second-order valence-electron chi connectivity index (χ2n) is 3.46. The summed E-state index contributed by atoms with van der Waals surface area (Å²) in [6.45, 7) is 1.69. The fraction of sp³-hybridized carbons (Fsp3) is 0.875. The van der Waals surface area contributed by atoms with Crippen molar-refractivity contribution in [2.24, 2.45) is 0 Å². The van der Waals surface area contributed by atoms with Crippen LogP contribution in [-0.2, 0) is 9.84 Å².